The van der Waals surface area contributed by atoms with Gasteiger partial charge in [0.15, 0.2) is 9.84 Å². The number of hydrogen-bond acceptors (Lipinski definition) is 4. The molecule has 2 N–H and O–H groups in total. The third-order valence-corrected chi connectivity index (χ3v) is 4.67. The van der Waals surface area contributed by atoms with Crippen molar-refractivity contribution in [3.05, 3.63) is 0 Å². The molecule has 0 radical (unpaired) electrons. The van der Waals surface area contributed by atoms with Gasteiger partial charge in [0, 0.05) is 24.5 Å². The second-order valence-electron chi connectivity index (χ2n) is 5.40. The first-order valence-electron chi connectivity index (χ1n) is 5.93. The monoisotopic (exact) mass is 262 g/mol. The van der Waals surface area contributed by atoms with Crippen LogP contribution in [0.2, 0.25) is 0 Å². The average molecular weight is 262 g/mol. The molecule has 1 atom stereocenters. The summed E-state index contributed by atoms with van der Waals surface area (Å²) < 4.78 is 22.8. The van der Waals surface area contributed by atoms with E-state index < -0.39 is 15.4 Å². The summed E-state index contributed by atoms with van der Waals surface area (Å²) in [6.45, 7) is 6.00. The largest absolute Gasteiger partial charge is 0.339 e. The third-order valence-electron chi connectivity index (χ3n) is 2.92. The van der Waals surface area contributed by atoms with Crippen molar-refractivity contribution in [3.63, 3.8) is 0 Å². The van der Waals surface area contributed by atoms with E-state index in [1.165, 1.54) is 0 Å². The molecule has 0 aromatic rings. The van der Waals surface area contributed by atoms with Crippen molar-refractivity contribution in [2.45, 2.75) is 45.2 Å². The molecule has 100 valence electrons. The van der Waals surface area contributed by atoms with Crippen LogP contribution in [0.15, 0.2) is 0 Å². The van der Waals surface area contributed by atoms with E-state index >= 15 is 0 Å². The van der Waals surface area contributed by atoms with Crippen LogP contribution in [0.4, 0.5) is 0 Å². The topological polar surface area (TPSA) is 80.5 Å². The molecule has 1 unspecified atom stereocenters. The van der Waals surface area contributed by atoms with Gasteiger partial charge in [-0.3, -0.25) is 4.79 Å². The molecular formula is C11H22N2O3S. The number of nitrogens with zero attached hydrogens (tertiary/aromatic N) is 1. The highest BCUT2D eigenvalue weighted by molar-refractivity contribution is 7.91. The molecule has 1 rings (SSSR count). The van der Waals surface area contributed by atoms with Gasteiger partial charge in [0.2, 0.25) is 5.91 Å². The van der Waals surface area contributed by atoms with E-state index in [2.05, 4.69) is 0 Å². The molecule has 1 saturated heterocycles. The smallest absolute Gasteiger partial charge is 0.224 e. The van der Waals surface area contributed by atoms with Crippen LogP contribution in [0.1, 0.15) is 33.6 Å². The molecule has 1 amide bonds. The Morgan fingerprint density at radius 3 is 2.41 bits per heavy atom. The van der Waals surface area contributed by atoms with Crippen LogP contribution in [0.25, 0.3) is 0 Å². The van der Waals surface area contributed by atoms with Crippen molar-refractivity contribution in [2.75, 3.05) is 18.1 Å². The van der Waals surface area contributed by atoms with E-state index in [9.17, 15) is 13.2 Å². The van der Waals surface area contributed by atoms with Gasteiger partial charge in [0.1, 0.15) is 0 Å². The van der Waals surface area contributed by atoms with Gasteiger partial charge < -0.3 is 10.6 Å². The van der Waals surface area contributed by atoms with E-state index in [0.29, 0.717) is 13.0 Å². The van der Waals surface area contributed by atoms with Crippen LogP contribution in [0.5, 0.6) is 0 Å². The number of carbonyl (C=O) groups excluding carboxylic acids is 1. The second kappa shape index (κ2) is 4.94. The molecule has 0 aliphatic carbocycles. The molecule has 1 heterocycles. The van der Waals surface area contributed by atoms with Gasteiger partial charge in [-0.15, -0.1) is 0 Å². The normalized spacial score (nSPS) is 23.6. The van der Waals surface area contributed by atoms with E-state index in [-0.39, 0.29) is 29.9 Å². The van der Waals surface area contributed by atoms with Gasteiger partial charge in [0.05, 0.1) is 11.5 Å². The van der Waals surface area contributed by atoms with Crippen molar-refractivity contribution in [1.82, 2.24) is 4.90 Å². The number of hydrogen-bond donors (Lipinski definition) is 1. The Hall–Kier alpha value is -0.620. The Labute approximate surface area is 103 Å². The number of nitrogens with two attached hydrogens (primary N) is 1. The SMILES string of the molecule is CCN(C(=O)CC(C)(C)N)C1CCS(=O)(=O)C1. The summed E-state index contributed by atoms with van der Waals surface area (Å²) in [4.78, 5) is 13.7. The Balaban J connectivity index is 2.70. The number of rotatable bonds is 4. The molecular weight excluding hydrogens is 240 g/mol. The van der Waals surface area contributed by atoms with Crippen LogP contribution in [-0.2, 0) is 14.6 Å². The van der Waals surface area contributed by atoms with E-state index in [0.717, 1.165) is 0 Å². The minimum absolute atomic E-state index is 0.0536. The Kier molecular flexibility index (Phi) is 4.19. The van der Waals surface area contributed by atoms with Crippen LogP contribution in [-0.4, -0.2) is 48.9 Å². The molecule has 0 saturated carbocycles. The fraction of sp³-hybridized carbons (Fsp3) is 0.909. The Morgan fingerprint density at radius 1 is 1.47 bits per heavy atom. The summed E-state index contributed by atoms with van der Waals surface area (Å²) >= 11 is 0. The summed E-state index contributed by atoms with van der Waals surface area (Å²) in [5, 5.41) is 0. The lowest BCUT2D eigenvalue weighted by molar-refractivity contribution is -0.133. The van der Waals surface area contributed by atoms with Crippen molar-refractivity contribution in [1.29, 1.82) is 0 Å². The maximum Gasteiger partial charge on any atom is 0.224 e. The first-order chi connectivity index (χ1) is 7.64. The fourth-order valence-corrected chi connectivity index (χ4v) is 3.88. The molecule has 5 nitrogen and oxygen atoms in total. The molecule has 0 bridgehead atoms. The van der Waals surface area contributed by atoms with Crippen LogP contribution in [0.3, 0.4) is 0 Å². The molecule has 0 aromatic carbocycles. The van der Waals surface area contributed by atoms with Gasteiger partial charge in [-0.05, 0) is 27.2 Å². The Morgan fingerprint density at radius 2 is 2.06 bits per heavy atom. The standard InChI is InChI=1S/C11H22N2O3S/c1-4-13(10(14)7-11(2,3)12)9-5-6-17(15,16)8-9/h9H,4-8,12H2,1-3H3. The highest BCUT2D eigenvalue weighted by atomic mass is 32.2. The molecule has 0 spiro atoms. The van der Waals surface area contributed by atoms with E-state index in [1.807, 2.05) is 6.92 Å². The summed E-state index contributed by atoms with van der Waals surface area (Å²) in [6, 6.07) is -0.167. The predicted octanol–water partition coefficient (Wildman–Crippen LogP) is 0.149. The van der Waals surface area contributed by atoms with E-state index in [1.54, 1.807) is 18.7 Å². The van der Waals surface area contributed by atoms with Crippen LogP contribution >= 0.6 is 0 Å². The van der Waals surface area contributed by atoms with Gasteiger partial charge in [-0.1, -0.05) is 0 Å². The van der Waals surface area contributed by atoms with Crippen molar-refractivity contribution in [3.8, 4) is 0 Å². The lowest BCUT2D eigenvalue weighted by Crippen LogP contribution is -2.46. The number of amides is 1. The maximum absolute atomic E-state index is 12.0. The van der Waals surface area contributed by atoms with Crippen molar-refractivity contribution < 1.29 is 13.2 Å². The lowest BCUT2D eigenvalue weighted by atomic mass is 10.0. The third kappa shape index (κ3) is 4.27. The van der Waals surface area contributed by atoms with Crippen molar-refractivity contribution in [2.24, 2.45) is 5.73 Å². The lowest BCUT2D eigenvalue weighted by Gasteiger charge is -2.29. The zero-order valence-corrected chi connectivity index (χ0v) is 11.6. The first kappa shape index (κ1) is 14.4. The summed E-state index contributed by atoms with van der Waals surface area (Å²) in [6.07, 6.45) is 0.796. The molecule has 17 heavy (non-hydrogen) atoms. The number of carbonyl (C=O) groups is 1. The molecule has 1 fully saturated rings. The first-order valence-corrected chi connectivity index (χ1v) is 7.75. The summed E-state index contributed by atoms with van der Waals surface area (Å²) in [7, 11) is -2.95. The van der Waals surface area contributed by atoms with Gasteiger partial charge in [-0.2, -0.15) is 0 Å². The average Bonchev–Trinajstić information content (AvgIpc) is 2.44. The zero-order valence-electron chi connectivity index (χ0n) is 10.8. The Bertz CT molecular complexity index is 384. The van der Waals surface area contributed by atoms with E-state index in [4.69, 9.17) is 5.73 Å². The highest BCUT2D eigenvalue weighted by Gasteiger charge is 2.34. The highest BCUT2D eigenvalue weighted by Crippen LogP contribution is 2.19. The van der Waals surface area contributed by atoms with Gasteiger partial charge >= 0.3 is 0 Å². The quantitative estimate of drug-likeness (QED) is 0.782. The second-order valence-corrected chi connectivity index (χ2v) is 7.63. The van der Waals surface area contributed by atoms with Crippen LogP contribution in [0, 0.1) is 0 Å². The molecule has 6 heteroatoms. The fourth-order valence-electron chi connectivity index (χ4n) is 2.15. The van der Waals surface area contributed by atoms with Gasteiger partial charge in [-0.25, -0.2) is 8.42 Å². The maximum atomic E-state index is 12.0. The number of sulfone groups is 1. The molecule has 1 aliphatic rings. The van der Waals surface area contributed by atoms with Crippen molar-refractivity contribution >= 4 is 15.7 Å². The molecule has 0 aromatic heterocycles. The summed E-state index contributed by atoms with van der Waals surface area (Å²) in [5.41, 5.74) is 5.26. The molecule has 1 aliphatic heterocycles. The minimum atomic E-state index is -2.95. The van der Waals surface area contributed by atoms with Crippen LogP contribution < -0.4 is 5.73 Å². The van der Waals surface area contributed by atoms with Gasteiger partial charge in [0.25, 0.3) is 0 Å². The minimum Gasteiger partial charge on any atom is -0.339 e. The zero-order chi connectivity index (χ0) is 13.3. The summed E-state index contributed by atoms with van der Waals surface area (Å²) in [5.74, 6) is 0.229. The predicted molar refractivity (Wildman–Crippen MR) is 67.3 cm³/mol.